The predicted molar refractivity (Wildman–Crippen MR) is 158 cm³/mol. The van der Waals surface area contributed by atoms with Crippen molar-refractivity contribution in [3.8, 4) is 23.0 Å². The minimum Gasteiger partial charge on any atom is -0.497 e. The van der Waals surface area contributed by atoms with E-state index in [9.17, 15) is 9.59 Å². The van der Waals surface area contributed by atoms with Crippen molar-refractivity contribution in [1.82, 2.24) is 9.80 Å². The fourth-order valence-corrected chi connectivity index (χ4v) is 5.13. The van der Waals surface area contributed by atoms with E-state index in [0.29, 0.717) is 61.2 Å². The molecule has 3 aromatic rings. The maximum atomic E-state index is 13.7. The van der Waals surface area contributed by atoms with Gasteiger partial charge in [-0.05, 0) is 66.6 Å². The SMILES string of the molecule is CCCN(CC(=O)N(CCc1ccc(OC)c(OC)c1)Cc1sccc1C)C(=O)Nc1ccc(OC)cc1OC. The molecule has 2 aromatic carbocycles. The number of hydrogen-bond acceptors (Lipinski definition) is 7. The summed E-state index contributed by atoms with van der Waals surface area (Å²) < 4.78 is 21.5. The van der Waals surface area contributed by atoms with Gasteiger partial charge in [0.05, 0.1) is 40.7 Å². The molecule has 0 unspecified atom stereocenters. The second-order valence-corrected chi connectivity index (χ2v) is 10.2. The fourth-order valence-electron chi connectivity index (χ4n) is 4.21. The van der Waals surface area contributed by atoms with Crippen LogP contribution in [0.5, 0.6) is 23.0 Å². The van der Waals surface area contributed by atoms with Crippen LogP contribution in [0.3, 0.4) is 0 Å². The number of rotatable bonds is 14. The van der Waals surface area contributed by atoms with Crippen LogP contribution in [0.25, 0.3) is 0 Å². The summed E-state index contributed by atoms with van der Waals surface area (Å²) in [5, 5.41) is 4.92. The summed E-state index contributed by atoms with van der Waals surface area (Å²) in [5.41, 5.74) is 2.66. The van der Waals surface area contributed by atoms with Crippen molar-refractivity contribution >= 4 is 29.0 Å². The summed E-state index contributed by atoms with van der Waals surface area (Å²) in [5.74, 6) is 2.26. The third kappa shape index (κ3) is 8.05. The number of nitrogens with zero attached hydrogens (tertiary/aromatic N) is 2. The van der Waals surface area contributed by atoms with Crippen LogP contribution in [-0.4, -0.2) is 69.8 Å². The summed E-state index contributed by atoms with van der Waals surface area (Å²) in [6.45, 7) is 5.36. The second kappa shape index (κ2) is 15.0. The molecule has 0 spiro atoms. The van der Waals surface area contributed by atoms with E-state index in [-0.39, 0.29) is 18.5 Å². The van der Waals surface area contributed by atoms with Gasteiger partial charge < -0.3 is 34.1 Å². The molecule has 3 rings (SSSR count). The van der Waals surface area contributed by atoms with Gasteiger partial charge in [0.2, 0.25) is 5.91 Å². The minimum absolute atomic E-state index is 0.0471. The molecule has 0 fully saturated rings. The van der Waals surface area contributed by atoms with E-state index < -0.39 is 0 Å². The van der Waals surface area contributed by atoms with E-state index in [4.69, 9.17) is 18.9 Å². The molecule has 0 aliphatic carbocycles. The Labute approximate surface area is 240 Å². The molecule has 1 N–H and O–H groups in total. The molecule has 3 amide bonds. The number of aryl methyl sites for hydroxylation is 1. The van der Waals surface area contributed by atoms with Gasteiger partial charge >= 0.3 is 6.03 Å². The van der Waals surface area contributed by atoms with Crippen LogP contribution in [0.2, 0.25) is 0 Å². The summed E-state index contributed by atoms with van der Waals surface area (Å²) in [6.07, 6.45) is 1.33. The van der Waals surface area contributed by atoms with Gasteiger partial charge in [0.15, 0.2) is 11.5 Å². The lowest BCUT2D eigenvalue weighted by atomic mass is 10.1. The molecule has 0 atom stereocenters. The summed E-state index contributed by atoms with van der Waals surface area (Å²) in [6, 6.07) is 12.6. The highest BCUT2D eigenvalue weighted by molar-refractivity contribution is 7.10. The lowest BCUT2D eigenvalue weighted by Gasteiger charge is -2.28. The first-order chi connectivity index (χ1) is 19.3. The van der Waals surface area contributed by atoms with Crippen LogP contribution in [0, 0.1) is 6.92 Å². The van der Waals surface area contributed by atoms with Crippen molar-refractivity contribution in [1.29, 1.82) is 0 Å². The van der Waals surface area contributed by atoms with Gasteiger partial charge in [0.25, 0.3) is 0 Å². The predicted octanol–water partition coefficient (Wildman–Crippen LogP) is 5.61. The number of nitrogens with one attached hydrogen (secondary N) is 1. The Hall–Kier alpha value is -3.92. The monoisotopic (exact) mass is 569 g/mol. The lowest BCUT2D eigenvalue weighted by molar-refractivity contribution is -0.132. The Kier molecular flexibility index (Phi) is 11.5. The van der Waals surface area contributed by atoms with Gasteiger partial charge in [-0.3, -0.25) is 4.79 Å². The van der Waals surface area contributed by atoms with Crippen molar-refractivity contribution in [3.63, 3.8) is 0 Å². The largest absolute Gasteiger partial charge is 0.497 e. The number of carbonyl (C=O) groups excluding carboxylic acids is 2. The van der Waals surface area contributed by atoms with E-state index in [1.165, 1.54) is 12.0 Å². The molecule has 216 valence electrons. The molecule has 0 radical (unpaired) electrons. The zero-order chi connectivity index (χ0) is 29.1. The molecule has 1 aromatic heterocycles. The van der Waals surface area contributed by atoms with E-state index >= 15 is 0 Å². The van der Waals surface area contributed by atoms with E-state index in [1.54, 1.807) is 50.9 Å². The first-order valence-corrected chi connectivity index (χ1v) is 14.0. The number of carbonyl (C=O) groups is 2. The topological polar surface area (TPSA) is 89.6 Å². The zero-order valence-electron chi connectivity index (χ0n) is 24.1. The first kappa shape index (κ1) is 30.6. The van der Waals surface area contributed by atoms with Crippen LogP contribution < -0.4 is 24.3 Å². The van der Waals surface area contributed by atoms with Crippen LogP contribution in [-0.2, 0) is 17.8 Å². The van der Waals surface area contributed by atoms with Crippen molar-refractivity contribution in [3.05, 3.63) is 63.8 Å². The standard InChI is InChI=1S/C30H39N3O6S/c1-7-14-33(30(35)31-24-10-9-23(36-3)18-26(24)38-5)20-29(34)32(19-28-21(2)13-16-40-28)15-12-22-8-11-25(37-4)27(17-22)39-6/h8-11,13,16-18H,7,12,14-15,19-20H2,1-6H3,(H,31,35). The third-order valence-electron chi connectivity index (χ3n) is 6.53. The average molecular weight is 570 g/mol. The molecule has 0 bridgehead atoms. The Morgan fingerprint density at radius 1 is 0.850 bits per heavy atom. The lowest BCUT2D eigenvalue weighted by Crippen LogP contribution is -2.45. The number of benzene rings is 2. The van der Waals surface area contributed by atoms with Crippen molar-refractivity contribution in [2.45, 2.75) is 33.2 Å². The molecule has 9 nitrogen and oxygen atoms in total. The molecule has 0 saturated carbocycles. The van der Waals surface area contributed by atoms with Crippen LogP contribution >= 0.6 is 11.3 Å². The number of amides is 3. The fraction of sp³-hybridized carbons (Fsp3) is 0.400. The smallest absolute Gasteiger partial charge is 0.322 e. The van der Waals surface area contributed by atoms with Gasteiger partial charge in [0.1, 0.15) is 18.0 Å². The zero-order valence-corrected chi connectivity index (χ0v) is 24.9. The molecule has 1 heterocycles. The molecular weight excluding hydrogens is 530 g/mol. The number of thiophene rings is 1. The molecule has 0 aliphatic heterocycles. The number of ether oxygens (including phenoxy) is 4. The number of anilines is 1. The Bertz CT molecular complexity index is 1280. The highest BCUT2D eigenvalue weighted by Gasteiger charge is 2.23. The van der Waals surface area contributed by atoms with E-state index in [0.717, 1.165) is 16.0 Å². The Balaban J connectivity index is 1.77. The highest BCUT2D eigenvalue weighted by atomic mass is 32.1. The summed E-state index contributed by atoms with van der Waals surface area (Å²) >= 11 is 1.62. The van der Waals surface area contributed by atoms with Gasteiger partial charge in [-0.15, -0.1) is 11.3 Å². The second-order valence-electron chi connectivity index (χ2n) is 9.20. The van der Waals surface area contributed by atoms with Crippen LogP contribution in [0.1, 0.15) is 29.3 Å². The summed E-state index contributed by atoms with van der Waals surface area (Å²) in [7, 11) is 6.30. The van der Waals surface area contributed by atoms with Gasteiger partial charge in [-0.25, -0.2) is 4.79 Å². The first-order valence-electron chi connectivity index (χ1n) is 13.1. The summed E-state index contributed by atoms with van der Waals surface area (Å²) in [4.78, 5) is 31.5. The Morgan fingerprint density at radius 2 is 1.60 bits per heavy atom. The van der Waals surface area contributed by atoms with Gasteiger partial charge in [0, 0.05) is 24.0 Å². The molecule has 10 heteroatoms. The van der Waals surface area contributed by atoms with Crippen molar-refractivity contribution in [2.75, 3.05) is 53.4 Å². The van der Waals surface area contributed by atoms with Gasteiger partial charge in [-0.2, -0.15) is 0 Å². The number of hydrogen-bond donors (Lipinski definition) is 1. The highest BCUT2D eigenvalue weighted by Crippen LogP contribution is 2.30. The Morgan fingerprint density at radius 3 is 2.23 bits per heavy atom. The van der Waals surface area contributed by atoms with Crippen molar-refractivity contribution < 1.29 is 28.5 Å². The maximum Gasteiger partial charge on any atom is 0.322 e. The minimum atomic E-state index is -0.370. The normalized spacial score (nSPS) is 10.6. The van der Waals surface area contributed by atoms with E-state index in [1.807, 2.05) is 42.3 Å². The molecule has 40 heavy (non-hydrogen) atoms. The van der Waals surface area contributed by atoms with E-state index in [2.05, 4.69) is 11.4 Å². The molecular formula is C30H39N3O6S. The van der Waals surface area contributed by atoms with Crippen LogP contribution in [0.4, 0.5) is 10.5 Å². The van der Waals surface area contributed by atoms with Gasteiger partial charge in [-0.1, -0.05) is 13.0 Å². The van der Waals surface area contributed by atoms with Crippen molar-refractivity contribution in [2.24, 2.45) is 0 Å². The maximum absolute atomic E-state index is 13.7. The number of urea groups is 1. The van der Waals surface area contributed by atoms with Crippen LogP contribution in [0.15, 0.2) is 47.8 Å². The molecule has 0 saturated heterocycles. The third-order valence-corrected chi connectivity index (χ3v) is 7.54. The average Bonchev–Trinajstić information content (AvgIpc) is 3.38. The number of methoxy groups -OCH3 is 4. The molecule has 0 aliphatic rings. The quantitative estimate of drug-likeness (QED) is 0.272.